The average molecular weight is 265 g/mol. The van der Waals surface area contributed by atoms with Crippen LogP contribution in [0.3, 0.4) is 0 Å². The molecule has 0 fully saturated rings. The molecule has 0 aliphatic carbocycles. The second-order valence-corrected chi connectivity index (χ2v) is 5.23. The molecule has 0 heterocycles. The lowest BCUT2D eigenvalue weighted by atomic mass is 9.98. The van der Waals surface area contributed by atoms with Crippen molar-refractivity contribution in [2.24, 2.45) is 11.8 Å². The summed E-state index contributed by atoms with van der Waals surface area (Å²) in [6.07, 6.45) is 0. The average Bonchev–Trinajstić information content (AvgIpc) is 2.39. The summed E-state index contributed by atoms with van der Waals surface area (Å²) >= 11 is 0. The molecule has 1 atom stereocenters. The van der Waals surface area contributed by atoms with E-state index in [4.69, 9.17) is 9.47 Å². The summed E-state index contributed by atoms with van der Waals surface area (Å²) in [7, 11) is 1.69. The predicted molar refractivity (Wildman–Crippen MR) is 79.9 cm³/mol. The summed E-state index contributed by atoms with van der Waals surface area (Å²) in [5.41, 5.74) is 1.14. The maximum atomic E-state index is 5.58. The van der Waals surface area contributed by atoms with E-state index in [0.29, 0.717) is 18.4 Å². The molecule has 0 spiro atoms. The van der Waals surface area contributed by atoms with Crippen molar-refractivity contribution in [3.63, 3.8) is 0 Å². The maximum Gasteiger partial charge on any atom is 0.165 e. The minimum absolute atomic E-state index is 0.650. The van der Waals surface area contributed by atoms with E-state index in [1.807, 2.05) is 19.1 Å². The van der Waals surface area contributed by atoms with E-state index in [2.05, 4.69) is 32.2 Å². The van der Waals surface area contributed by atoms with Crippen LogP contribution >= 0.6 is 0 Å². The van der Waals surface area contributed by atoms with E-state index < -0.39 is 0 Å². The first-order valence-corrected chi connectivity index (χ1v) is 7.09. The van der Waals surface area contributed by atoms with Crippen LogP contribution in [-0.4, -0.2) is 20.3 Å². The second kappa shape index (κ2) is 8.05. The summed E-state index contributed by atoms with van der Waals surface area (Å²) in [5.74, 6) is 3.03. The third-order valence-corrected chi connectivity index (χ3v) is 3.48. The molecule has 0 saturated heterocycles. The van der Waals surface area contributed by atoms with Gasteiger partial charge in [-0.1, -0.05) is 32.9 Å². The van der Waals surface area contributed by atoms with Gasteiger partial charge in [0.15, 0.2) is 11.5 Å². The fourth-order valence-corrected chi connectivity index (χ4v) is 1.87. The summed E-state index contributed by atoms with van der Waals surface area (Å²) < 4.78 is 11.1. The van der Waals surface area contributed by atoms with E-state index in [9.17, 15) is 0 Å². The van der Waals surface area contributed by atoms with Crippen LogP contribution in [0.4, 0.5) is 0 Å². The van der Waals surface area contributed by atoms with Crippen LogP contribution in [0.15, 0.2) is 18.2 Å². The van der Waals surface area contributed by atoms with Gasteiger partial charge in [-0.05, 0) is 31.4 Å². The summed E-state index contributed by atoms with van der Waals surface area (Å²) in [6.45, 7) is 11.2. The normalized spacial score (nSPS) is 12.5. The lowest BCUT2D eigenvalue weighted by Gasteiger charge is -2.18. The van der Waals surface area contributed by atoms with Crippen LogP contribution < -0.4 is 14.8 Å². The van der Waals surface area contributed by atoms with E-state index in [-0.39, 0.29) is 0 Å². The fourth-order valence-electron chi connectivity index (χ4n) is 1.87. The Bertz CT molecular complexity index is 377. The van der Waals surface area contributed by atoms with Gasteiger partial charge in [-0.3, -0.25) is 0 Å². The van der Waals surface area contributed by atoms with Crippen molar-refractivity contribution < 1.29 is 9.47 Å². The third-order valence-electron chi connectivity index (χ3n) is 3.48. The molecule has 1 unspecified atom stereocenters. The molecule has 3 nitrogen and oxygen atoms in total. The number of methoxy groups -OCH3 is 1. The molecule has 0 aromatic heterocycles. The Labute approximate surface area is 117 Å². The lowest BCUT2D eigenvalue weighted by molar-refractivity contribution is 0.308. The smallest absolute Gasteiger partial charge is 0.165 e. The zero-order valence-electron chi connectivity index (χ0n) is 12.8. The first-order valence-electron chi connectivity index (χ1n) is 7.09. The number of hydrogen-bond acceptors (Lipinski definition) is 3. The Morgan fingerprint density at radius 3 is 2.53 bits per heavy atom. The van der Waals surface area contributed by atoms with Gasteiger partial charge in [0.2, 0.25) is 0 Å². The molecule has 0 aliphatic rings. The first kappa shape index (κ1) is 15.8. The van der Waals surface area contributed by atoms with Crippen molar-refractivity contribution in [3.8, 4) is 11.5 Å². The van der Waals surface area contributed by atoms with Crippen molar-refractivity contribution >= 4 is 0 Å². The highest BCUT2D eigenvalue weighted by atomic mass is 16.5. The lowest BCUT2D eigenvalue weighted by Crippen LogP contribution is -2.24. The van der Waals surface area contributed by atoms with E-state index >= 15 is 0 Å². The number of hydrogen-bond donors (Lipinski definition) is 1. The minimum atomic E-state index is 0.650. The highest BCUT2D eigenvalue weighted by molar-refractivity contribution is 5.46. The van der Waals surface area contributed by atoms with Gasteiger partial charge >= 0.3 is 0 Å². The zero-order valence-corrected chi connectivity index (χ0v) is 12.8. The van der Waals surface area contributed by atoms with Crippen LogP contribution in [-0.2, 0) is 6.54 Å². The van der Waals surface area contributed by atoms with Gasteiger partial charge in [-0.2, -0.15) is 0 Å². The Hall–Kier alpha value is -1.22. The molecule has 0 radical (unpaired) electrons. The zero-order chi connectivity index (χ0) is 14.3. The van der Waals surface area contributed by atoms with Gasteiger partial charge in [0.05, 0.1) is 13.7 Å². The molecular weight excluding hydrogens is 238 g/mol. The molecular formula is C16H27NO2. The number of nitrogens with one attached hydrogen (secondary N) is 1. The maximum absolute atomic E-state index is 5.58. The molecule has 0 bridgehead atoms. The van der Waals surface area contributed by atoms with Crippen LogP contribution in [0.25, 0.3) is 0 Å². The number of para-hydroxylation sites is 1. The molecule has 1 N–H and O–H groups in total. The van der Waals surface area contributed by atoms with E-state index in [0.717, 1.165) is 30.2 Å². The molecule has 1 aromatic carbocycles. The third kappa shape index (κ3) is 4.75. The molecule has 0 saturated carbocycles. The van der Waals surface area contributed by atoms with Crippen molar-refractivity contribution in [2.45, 2.75) is 34.2 Å². The number of benzene rings is 1. The van der Waals surface area contributed by atoms with Crippen molar-refractivity contribution in [3.05, 3.63) is 23.8 Å². The molecule has 1 aromatic rings. The van der Waals surface area contributed by atoms with Crippen LogP contribution in [0.2, 0.25) is 0 Å². The molecule has 0 aliphatic heterocycles. The van der Waals surface area contributed by atoms with Crippen molar-refractivity contribution in [1.29, 1.82) is 0 Å². The van der Waals surface area contributed by atoms with Crippen molar-refractivity contribution in [1.82, 2.24) is 5.32 Å². The number of rotatable bonds is 8. The van der Waals surface area contributed by atoms with Crippen LogP contribution in [0, 0.1) is 11.8 Å². The molecule has 1 rings (SSSR count). The van der Waals surface area contributed by atoms with Crippen LogP contribution in [0.1, 0.15) is 33.3 Å². The highest BCUT2D eigenvalue weighted by Gasteiger charge is 2.11. The fraction of sp³-hybridized carbons (Fsp3) is 0.625. The quantitative estimate of drug-likeness (QED) is 0.780. The summed E-state index contributed by atoms with van der Waals surface area (Å²) in [4.78, 5) is 0. The van der Waals surface area contributed by atoms with Gasteiger partial charge in [0.1, 0.15) is 0 Å². The standard InChI is InChI=1S/C16H27NO2/c1-6-19-15-9-7-8-14(16(15)18-5)11-17-10-13(4)12(2)3/h7-9,12-13,17H,6,10-11H2,1-5H3. The van der Waals surface area contributed by atoms with Gasteiger partial charge in [0.25, 0.3) is 0 Å². The molecule has 108 valence electrons. The minimum Gasteiger partial charge on any atom is -0.493 e. The Morgan fingerprint density at radius 2 is 1.95 bits per heavy atom. The predicted octanol–water partition coefficient (Wildman–Crippen LogP) is 3.48. The molecule has 3 heteroatoms. The first-order chi connectivity index (χ1) is 9.10. The van der Waals surface area contributed by atoms with Crippen molar-refractivity contribution in [2.75, 3.05) is 20.3 Å². The Kier molecular flexibility index (Phi) is 6.71. The summed E-state index contributed by atoms with van der Waals surface area (Å²) in [6, 6.07) is 6.04. The highest BCUT2D eigenvalue weighted by Crippen LogP contribution is 2.30. The molecule has 19 heavy (non-hydrogen) atoms. The van der Waals surface area contributed by atoms with Gasteiger partial charge in [-0.15, -0.1) is 0 Å². The summed E-state index contributed by atoms with van der Waals surface area (Å²) in [5, 5.41) is 3.49. The topological polar surface area (TPSA) is 30.5 Å². The largest absolute Gasteiger partial charge is 0.493 e. The Balaban J connectivity index is 2.65. The van der Waals surface area contributed by atoms with Gasteiger partial charge in [-0.25, -0.2) is 0 Å². The second-order valence-electron chi connectivity index (χ2n) is 5.23. The van der Waals surface area contributed by atoms with E-state index in [1.165, 1.54) is 0 Å². The van der Waals surface area contributed by atoms with Gasteiger partial charge < -0.3 is 14.8 Å². The monoisotopic (exact) mass is 265 g/mol. The number of ether oxygens (including phenoxy) is 2. The molecule has 0 amide bonds. The SMILES string of the molecule is CCOc1cccc(CNCC(C)C(C)C)c1OC. The van der Waals surface area contributed by atoms with Crippen LogP contribution in [0.5, 0.6) is 11.5 Å². The Morgan fingerprint density at radius 1 is 1.21 bits per heavy atom. The van der Waals surface area contributed by atoms with E-state index in [1.54, 1.807) is 7.11 Å². The van der Waals surface area contributed by atoms with Gasteiger partial charge in [0, 0.05) is 12.1 Å².